The van der Waals surface area contributed by atoms with Crippen LogP contribution in [-0.2, 0) is 26.6 Å². The Hall–Kier alpha value is -3.41. The standard InChI is InChI=1S/C30H27Cl2N3O5S2/c31-26-13-4-6-15-28(26)41(37,38)35(42(39,40)29-16-7-5-14-27(29)32)25-12-8-9-23(21-25)22-33-17-19-34(20-18-33)30(36)24-10-2-1-3-11-24/h1-16,21H,17-20,22H2. The molecule has 1 saturated heterocycles. The zero-order chi connectivity index (χ0) is 29.9. The van der Waals surface area contributed by atoms with Crippen molar-refractivity contribution < 1.29 is 21.6 Å². The van der Waals surface area contributed by atoms with Crippen LogP contribution in [0.2, 0.25) is 10.0 Å². The summed E-state index contributed by atoms with van der Waals surface area (Å²) in [7, 11) is -9.41. The lowest BCUT2D eigenvalue weighted by atomic mass is 10.1. The van der Waals surface area contributed by atoms with Crippen LogP contribution in [0.5, 0.6) is 0 Å². The fraction of sp³-hybridized carbons (Fsp3) is 0.167. The lowest BCUT2D eigenvalue weighted by molar-refractivity contribution is 0.0628. The molecule has 1 heterocycles. The molecule has 0 unspecified atom stereocenters. The van der Waals surface area contributed by atoms with E-state index in [0.29, 0.717) is 47.6 Å². The van der Waals surface area contributed by atoms with Gasteiger partial charge in [0.25, 0.3) is 26.0 Å². The van der Waals surface area contributed by atoms with Crippen molar-refractivity contribution in [3.63, 3.8) is 0 Å². The highest BCUT2D eigenvalue weighted by Gasteiger charge is 2.39. The fourth-order valence-corrected chi connectivity index (χ4v) is 9.43. The molecule has 0 radical (unpaired) electrons. The molecule has 0 aliphatic carbocycles. The molecule has 4 aromatic carbocycles. The Morgan fingerprint density at radius 1 is 0.667 bits per heavy atom. The first-order chi connectivity index (χ1) is 20.1. The van der Waals surface area contributed by atoms with Gasteiger partial charge in [0.1, 0.15) is 9.79 Å². The Morgan fingerprint density at radius 3 is 1.74 bits per heavy atom. The molecule has 8 nitrogen and oxygen atoms in total. The topological polar surface area (TPSA) is 95.1 Å². The Bertz CT molecular complexity index is 1740. The van der Waals surface area contributed by atoms with Crippen LogP contribution in [0.1, 0.15) is 15.9 Å². The quantitative estimate of drug-likeness (QED) is 0.250. The van der Waals surface area contributed by atoms with E-state index in [9.17, 15) is 21.6 Å². The maximum absolute atomic E-state index is 14.0. The van der Waals surface area contributed by atoms with Crippen molar-refractivity contribution in [3.05, 3.63) is 124 Å². The number of sulfonamides is 2. The minimum absolute atomic E-state index is 0.0255. The third-order valence-electron chi connectivity index (χ3n) is 6.87. The maximum atomic E-state index is 14.0. The summed E-state index contributed by atoms with van der Waals surface area (Å²) in [5.41, 5.74) is 1.26. The molecule has 0 atom stereocenters. The highest BCUT2D eigenvalue weighted by Crippen LogP contribution is 2.36. The van der Waals surface area contributed by atoms with Crippen LogP contribution in [0.15, 0.2) is 113 Å². The Kier molecular flexibility index (Phi) is 8.91. The van der Waals surface area contributed by atoms with Crippen LogP contribution in [0.3, 0.4) is 0 Å². The number of carbonyl (C=O) groups is 1. The zero-order valence-corrected chi connectivity index (χ0v) is 25.5. The Labute approximate surface area is 255 Å². The molecule has 1 fully saturated rings. The van der Waals surface area contributed by atoms with E-state index in [2.05, 4.69) is 4.90 Å². The van der Waals surface area contributed by atoms with E-state index in [1.54, 1.807) is 41.3 Å². The first-order valence-electron chi connectivity index (χ1n) is 13.0. The number of anilines is 1. The summed E-state index contributed by atoms with van der Waals surface area (Å²) in [6, 6.07) is 26.8. The highest BCUT2D eigenvalue weighted by atomic mass is 35.5. The molecule has 5 rings (SSSR count). The van der Waals surface area contributed by atoms with E-state index in [0.717, 1.165) is 0 Å². The molecule has 0 N–H and O–H groups in total. The van der Waals surface area contributed by atoms with Crippen LogP contribution < -0.4 is 3.71 Å². The lowest BCUT2D eigenvalue weighted by Gasteiger charge is -2.35. The molecule has 42 heavy (non-hydrogen) atoms. The van der Waals surface area contributed by atoms with Crippen LogP contribution in [0.4, 0.5) is 5.69 Å². The van der Waals surface area contributed by atoms with Crippen LogP contribution in [0.25, 0.3) is 0 Å². The van der Waals surface area contributed by atoms with Gasteiger partial charge in [0, 0.05) is 38.3 Å². The largest absolute Gasteiger partial charge is 0.336 e. The molecular formula is C30H27Cl2N3O5S2. The van der Waals surface area contributed by atoms with Crippen LogP contribution >= 0.6 is 23.2 Å². The van der Waals surface area contributed by atoms with E-state index in [1.165, 1.54) is 48.5 Å². The second kappa shape index (κ2) is 12.4. The summed E-state index contributed by atoms with van der Waals surface area (Å²) >= 11 is 12.5. The zero-order valence-electron chi connectivity index (χ0n) is 22.3. The van der Waals surface area contributed by atoms with Crippen LogP contribution in [-0.4, -0.2) is 58.7 Å². The minimum atomic E-state index is -4.70. The van der Waals surface area contributed by atoms with Crippen molar-refractivity contribution in [1.82, 2.24) is 9.80 Å². The highest BCUT2D eigenvalue weighted by molar-refractivity contribution is 8.10. The van der Waals surface area contributed by atoms with Gasteiger partial charge in [-0.2, -0.15) is 20.5 Å². The number of nitrogens with zero attached hydrogens (tertiary/aromatic N) is 3. The summed E-state index contributed by atoms with van der Waals surface area (Å²) in [6.07, 6.45) is 0. The molecule has 1 aliphatic heterocycles. The first-order valence-corrected chi connectivity index (χ1v) is 16.7. The third kappa shape index (κ3) is 6.18. The molecule has 0 aromatic heterocycles. The molecule has 1 amide bonds. The molecule has 1 aliphatic rings. The Balaban J connectivity index is 1.44. The van der Waals surface area contributed by atoms with Gasteiger partial charge in [-0.1, -0.05) is 77.8 Å². The normalized spacial score (nSPS) is 14.5. The second-order valence-electron chi connectivity index (χ2n) is 9.67. The average molecular weight is 645 g/mol. The van der Waals surface area contributed by atoms with E-state index < -0.39 is 20.0 Å². The number of amides is 1. The summed E-state index contributed by atoms with van der Waals surface area (Å²) in [6.45, 7) is 2.68. The molecule has 0 spiro atoms. The summed E-state index contributed by atoms with van der Waals surface area (Å²) in [5, 5.41) is -0.230. The van der Waals surface area contributed by atoms with Crippen molar-refractivity contribution in [1.29, 1.82) is 0 Å². The van der Waals surface area contributed by atoms with E-state index >= 15 is 0 Å². The first kappa shape index (κ1) is 30.1. The van der Waals surface area contributed by atoms with Crippen molar-refractivity contribution in [3.8, 4) is 0 Å². The molecule has 0 saturated carbocycles. The van der Waals surface area contributed by atoms with Gasteiger partial charge >= 0.3 is 0 Å². The van der Waals surface area contributed by atoms with Crippen molar-refractivity contribution in [2.75, 3.05) is 29.9 Å². The predicted molar refractivity (Wildman–Crippen MR) is 164 cm³/mol. The number of rotatable bonds is 8. The number of hydrogen-bond donors (Lipinski definition) is 0. The van der Waals surface area contributed by atoms with E-state index in [-0.39, 0.29) is 31.4 Å². The van der Waals surface area contributed by atoms with Gasteiger partial charge < -0.3 is 4.90 Å². The number of carbonyl (C=O) groups excluding carboxylic acids is 1. The van der Waals surface area contributed by atoms with Gasteiger partial charge in [-0.3, -0.25) is 9.69 Å². The molecular weight excluding hydrogens is 617 g/mol. The van der Waals surface area contributed by atoms with Crippen LogP contribution in [0, 0.1) is 0 Å². The van der Waals surface area contributed by atoms with Crippen molar-refractivity contribution in [2.24, 2.45) is 0 Å². The second-order valence-corrected chi connectivity index (χ2v) is 14.2. The van der Waals surface area contributed by atoms with Gasteiger partial charge in [-0.15, -0.1) is 0 Å². The van der Waals surface area contributed by atoms with E-state index in [1.807, 2.05) is 18.2 Å². The number of piperazine rings is 1. The summed E-state index contributed by atoms with van der Waals surface area (Å²) in [5.74, 6) is -0.0255. The van der Waals surface area contributed by atoms with Crippen molar-refractivity contribution >= 4 is 54.8 Å². The predicted octanol–water partition coefficient (Wildman–Crippen LogP) is 5.54. The molecule has 12 heteroatoms. The fourth-order valence-electron chi connectivity index (χ4n) is 4.79. The third-order valence-corrected chi connectivity index (χ3v) is 12.1. The van der Waals surface area contributed by atoms with Gasteiger partial charge in [-0.25, -0.2) is 0 Å². The monoisotopic (exact) mass is 643 g/mol. The number of halogens is 2. The summed E-state index contributed by atoms with van der Waals surface area (Å²) < 4.78 is 56.3. The molecule has 0 bridgehead atoms. The maximum Gasteiger partial charge on any atom is 0.279 e. The molecule has 218 valence electrons. The average Bonchev–Trinajstić information content (AvgIpc) is 2.98. The summed E-state index contributed by atoms with van der Waals surface area (Å²) in [4.78, 5) is 16.0. The van der Waals surface area contributed by atoms with E-state index in [4.69, 9.17) is 23.2 Å². The number of hydrogen-bond acceptors (Lipinski definition) is 6. The van der Waals surface area contributed by atoms with Gasteiger partial charge in [0.2, 0.25) is 0 Å². The minimum Gasteiger partial charge on any atom is -0.336 e. The SMILES string of the molecule is O=C(c1ccccc1)N1CCN(Cc2cccc(N(S(=O)(=O)c3ccccc3Cl)S(=O)(=O)c3ccccc3Cl)c2)CC1. The molecule has 4 aromatic rings. The Morgan fingerprint density at radius 2 is 1.19 bits per heavy atom. The van der Waals surface area contributed by atoms with Gasteiger partial charge in [0.05, 0.1) is 15.7 Å². The van der Waals surface area contributed by atoms with Gasteiger partial charge in [-0.05, 0) is 54.1 Å². The van der Waals surface area contributed by atoms with Crippen molar-refractivity contribution in [2.45, 2.75) is 16.3 Å². The lowest BCUT2D eigenvalue weighted by Crippen LogP contribution is -2.48. The number of benzene rings is 4. The van der Waals surface area contributed by atoms with Gasteiger partial charge in [0.15, 0.2) is 0 Å². The smallest absolute Gasteiger partial charge is 0.279 e.